The molecule has 0 saturated carbocycles. The lowest BCUT2D eigenvalue weighted by Crippen LogP contribution is -2.42. The van der Waals surface area contributed by atoms with Crippen LogP contribution in [0.5, 0.6) is 0 Å². The number of nitrogens with one attached hydrogen (secondary N) is 1. The highest BCUT2D eigenvalue weighted by molar-refractivity contribution is 5.73. The number of piperazine rings is 1. The van der Waals surface area contributed by atoms with Crippen molar-refractivity contribution in [2.24, 2.45) is 5.73 Å². The van der Waals surface area contributed by atoms with Crippen LogP contribution < -0.4 is 11.1 Å². The monoisotopic (exact) mass is 493 g/mol. The van der Waals surface area contributed by atoms with E-state index in [2.05, 4.69) is 10.2 Å². The Morgan fingerprint density at radius 2 is 1.53 bits per heavy atom. The molecule has 1 fully saturated rings. The maximum Gasteiger partial charge on any atom is 0.490 e. The number of halogens is 6. The van der Waals surface area contributed by atoms with Crippen LogP contribution in [-0.2, 0) is 17.5 Å². The molecule has 1 atom stereocenters. The van der Waals surface area contributed by atoms with Crippen LogP contribution >= 0.6 is 0 Å². The van der Waals surface area contributed by atoms with E-state index in [1.165, 1.54) is 6.07 Å². The lowest BCUT2D eigenvalue weighted by atomic mass is 9.95. The number of carboxylic acids is 1. The van der Waals surface area contributed by atoms with E-state index in [0.29, 0.717) is 11.1 Å². The third-order valence-corrected chi connectivity index (χ3v) is 5.10. The van der Waals surface area contributed by atoms with Gasteiger partial charge in [0.25, 0.3) is 0 Å². The normalized spacial score (nSPS) is 15.9. The maximum absolute atomic E-state index is 13.4. The van der Waals surface area contributed by atoms with E-state index in [4.69, 9.17) is 20.7 Å². The first-order valence-electron chi connectivity index (χ1n) is 10.2. The average Bonchev–Trinajstić information content (AvgIpc) is 2.78. The molecular weight excluding hydrogens is 468 g/mol. The molecule has 3 rings (SSSR count). The summed E-state index contributed by atoms with van der Waals surface area (Å²) in [6.07, 6.45) is -9.61. The zero-order valence-corrected chi connectivity index (χ0v) is 18.0. The number of alkyl halides is 6. The van der Waals surface area contributed by atoms with Gasteiger partial charge in [-0.05, 0) is 28.3 Å². The van der Waals surface area contributed by atoms with E-state index in [1.54, 1.807) is 6.07 Å². The van der Waals surface area contributed by atoms with E-state index in [0.717, 1.165) is 44.4 Å². The van der Waals surface area contributed by atoms with Gasteiger partial charge in [-0.3, -0.25) is 4.90 Å². The van der Waals surface area contributed by atoms with E-state index >= 15 is 0 Å². The minimum absolute atomic E-state index is 0.0934. The highest BCUT2D eigenvalue weighted by Crippen LogP contribution is 2.37. The van der Waals surface area contributed by atoms with E-state index in [1.807, 2.05) is 24.3 Å². The highest BCUT2D eigenvalue weighted by Gasteiger charge is 2.38. The average molecular weight is 493 g/mol. The third-order valence-electron chi connectivity index (χ3n) is 5.10. The minimum atomic E-state index is -5.08. The molecule has 2 aromatic carbocycles. The fourth-order valence-electron chi connectivity index (χ4n) is 3.33. The highest BCUT2D eigenvalue weighted by atomic mass is 19.4. The Hall–Kier alpha value is -2.67. The number of aliphatic hydroxyl groups excluding tert-OH is 1. The Kier molecular flexibility index (Phi) is 9.45. The predicted molar refractivity (Wildman–Crippen MR) is 113 cm³/mol. The van der Waals surface area contributed by atoms with E-state index in [9.17, 15) is 26.3 Å². The summed E-state index contributed by atoms with van der Waals surface area (Å²) < 4.78 is 72.0. The Morgan fingerprint density at radius 1 is 1.00 bits per heavy atom. The number of carboxylic acid groups (broad SMARTS) is 1. The zero-order valence-electron chi connectivity index (χ0n) is 18.0. The second-order valence-corrected chi connectivity index (χ2v) is 7.61. The number of hydrogen-bond donors (Lipinski definition) is 4. The van der Waals surface area contributed by atoms with Gasteiger partial charge in [-0.1, -0.05) is 36.4 Å². The van der Waals surface area contributed by atoms with Crippen LogP contribution in [-0.4, -0.2) is 60.0 Å². The minimum Gasteiger partial charge on any atom is -0.475 e. The largest absolute Gasteiger partial charge is 0.490 e. The first-order valence-corrected chi connectivity index (χ1v) is 10.2. The van der Waals surface area contributed by atoms with Gasteiger partial charge in [-0.25, -0.2) is 4.79 Å². The number of aliphatic hydroxyl groups is 1. The van der Waals surface area contributed by atoms with Crippen LogP contribution in [0, 0.1) is 0 Å². The van der Waals surface area contributed by atoms with E-state index < -0.39 is 36.5 Å². The van der Waals surface area contributed by atoms with Gasteiger partial charge >= 0.3 is 18.3 Å². The second-order valence-electron chi connectivity index (χ2n) is 7.61. The zero-order chi connectivity index (χ0) is 25.5. The van der Waals surface area contributed by atoms with Gasteiger partial charge in [0.1, 0.15) is 0 Å². The predicted octanol–water partition coefficient (Wildman–Crippen LogP) is 3.40. The molecule has 1 aliphatic rings. The molecule has 0 spiro atoms. The van der Waals surface area contributed by atoms with Crippen molar-refractivity contribution >= 4 is 5.97 Å². The quantitative estimate of drug-likeness (QED) is 0.477. The van der Waals surface area contributed by atoms with Crippen LogP contribution in [0.3, 0.4) is 0 Å². The van der Waals surface area contributed by atoms with Crippen LogP contribution in [0.15, 0.2) is 42.5 Å². The Labute approximate surface area is 192 Å². The van der Waals surface area contributed by atoms with Crippen molar-refractivity contribution in [1.29, 1.82) is 0 Å². The molecule has 0 amide bonds. The van der Waals surface area contributed by atoms with Gasteiger partial charge in [0.2, 0.25) is 0 Å². The summed E-state index contributed by atoms with van der Waals surface area (Å²) in [5.74, 6) is -2.76. The molecule has 2 aromatic rings. The van der Waals surface area contributed by atoms with Crippen molar-refractivity contribution in [2.45, 2.75) is 24.9 Å². The lowest BCUT2D eigenvalue weighted by Gasteiger charge is -2.27. The summed E-state index contributed by atoms with van der Waals surface area (Å²) in [4.78, 5) is 11.2. The van der Waals surface area contributed by atoms with Gasteiger partial charge in [0, 0.05) is 32.7 Å². The molecule has 0 radical (unpaired) electrons. The Bertz CT molecular complexity index is 942. The van der Waals surface area contributed by atoms with Gasteiger partial charge in [-0.2, -0.15) is 26.3 Å². The Morgan fingerprint density at radius 3 is 2.00 bits per heavy atom. The number of nitrogens with zero attached hydrogens (tertiary/aromatic N) is 1. The molecule has 0 bridgehead atoms. The molecule has 5 N–H and O–H groups in total. The number of nitrogens with two attached hydrogens (primary N) is 1. The van der Waals surface area contributed by atoms with Gasteiger partial charge in [0.05, 0.1) is 18.2 Å². The molecule has 12 heteroatoms. The molecule has 1 unspecified atom stereocenters. The SMILES string of the molecule is NC(CO)c1ccc(-c2ccc(CN3CCNCC3)cc2)cc1C(F)(F)F.O=C(O)C(F)(F)F. The van der Waals surface area contributed by atoms with Crippen molar-refractivity contribution < 1.29 is 41.4 Å². The third kappa shape index (κ3) is 7.97. The molecule has 1 heterocycles. The second kappa shape index (κ2) is 11.6. The summed E-state index contributed by atoms with van der Waals surface area (Å²) in [5.41, 5.74) is 7.07. The van der Waals surface area contributed by atoms with Crippen LogP contribution in [0.25, 0.3) is 11.1 Å². The summed E-state index contributed by atoms with van der Waals surface area (Å²) in [6.45, 7) is 4.22. The van der Waals surface area contributed by atoms with Crippen LogP contribution in [0.4, 0.5) is 26.3 Å². The summed E-state index contributed by atoms with van der Waals surface area (Å²) >= 11 is 0. The fraction of sp³-hybridized carbons (Fsp3) is 0.409. The molecular formula is C22H25F6N3O3. The number of benzene rings is 2. The molecule has 34 heavy (non-hydrogen) atoms. The number of hydrogen-bond acceptors (Lipinski definition) is 5. The molecule has 1 aliphatic heterocycles. The number of aliphatic carboxylic acids is 1. The van der Waals surface area contributed by atoms with Crippen molar-refractivity contribution in [3.63, 3.8) is 0 Å². The lowest BCUT2D eigenvalue weighted by molar-refractivity contribution is -0.192. The van der Waals surface area contributed by atoms with Crippen molar-refractivity contribution in [1.82, 2.24) is 10.2 Å². The molecule has 6 nitrogen and oxygen atoms in total. The molecule has 0 aromatic heterocycles. The number of carbonyl (C=O) groups is 1. The standard InChI is InChI=1S/C20H24F3N3O.C2HF3O2/c21-20(22,23)18-11-16(5-6-17(18)19(24)13-27)15-3-1-14(2-4-15)12-26-9-7-25-8-10-26;3-2(4,5)1(6)7/h1-6,11,19,25,27H,7-10,12-13,24H2;(H,6,7). The van der Waals surface area contributed by atoms with E-state index in [-0.39, 0.29) is 5.56 Å². The van der Waals surface area contributed by atoms with Crippen LogP contribution in [0.1, 0.15) is 22.7 Å². The van der Waals surface area contributed by atoms with Crippen molar-refractivity contribution in [3.8, 4) is 11.1 Å². The van der Waals surface area contributed by atoms with Gasteiger partial charge in [0.15, 0.2) is 0 Å². The maximum atomic E-state index is 13.4. The van der Waals surface area contributed by atoms with Gasteiger partial charge in [-0.15, -0.1) is 0 Å². The molecule has 1 saturated heterocycles. The number of rotatable bonds is 5. The first kappa shape index (κ1) is 27.6. The summed E-state index contributed by atoms with van der Waals surface area (Å²) in [6, 6.07) is 10.6. The smallest absolute Gasteiger partial charge is 0.475 e. The molecule has 188 valence electrons. The van der Waals surface area contributed by atoms with Crippen molar-refractivity contribution in [2.75, 3.05) is 32.8 Å². The first-order chi connectivity index (χ1) is 15.8. The van der Waals surface area contributed by atoms with Crippen molar-refractivity contribution in [3.05, 3.63) is 59.2 Å². The van der Waals surface area contributed by atoms with Crippen LogP contribution in [0.2, 0.25) is 0 Å². The Balaban J connectivity index is 0.000000509. The molecule has 0 aliphatic carbocycles. The summed E-state index contributed by atoms with van der Waals surface area (Å²) in [5, 5.41) is 19.6. The van der Waals surface area contributed by atoms with Gasteiger partial charge < -0.3 is 21.3 Å². The fourth-order valence-corrected chi connectivity index (χ4v) is 3.33. The summed E-state index contributed by atoms with van der Waals surface area (Å²) in [7, 11) is 0. The topological polar surface area (TPSA) is 98.8 Å².